The maximum atomic E-state index is 13.8. The minimum Gasteiger partial charge on any atom is -0.477 e. The highest BCUT2D eigenvalue weighted by molar-refractivity contribution is 7.86. The molecule has 3 saturated carbocycles. The van der Waals surface area contributed by atoms with Crippen molar-refractivity contribution in [1.29, 1.82) is 0 Å². The van der Waals surface area contributed by atoms with Crippen LogP contribution in [0.1, 0.15) is 131 Å². The number of aliphatic carboxylic acids is 1. The van der Waals surface area contributed by atoms with E-state index < -0.39 is 28.6 Å². The predicted octanol–water partition coefficient (Wildman–Crippen LogP) is 7.25. The lowest BCUT2D eigenvalue weighted by Crippen LogP contribution is -2.35. The first-order valence-corrected chi connectivity index (χ1v) is 14.8. The van der Waals surface area contributed by atoms with Gasteiger partial charge in [-0.1, -0.05) is 69.9 Å². The van der Waals surface area contributed by atoms with E-state index in [0.29, 0.717) is 17.0 Å². The van der Waals surface area contributed by atoms with Gasteiger partial charge >= 0.3 is 11.9 Å². The smallest absolute Gasteiger partial charge is 0.377 e. The van der Waals surface area contributed by atoms with Gasteiger partial charge in [-0.2, -0.15) is 17.2 Å². The normalized spacial score (nSPS) is 21.8. The lowest BCUT2D eigenvalue weighted by Gasteiger charge is -2.32. The van der Waals surface area contributed by atoms with Crippen LogP contribution < -0.4 is 0 Å². The third-order valence-electron chi connectivity index (χ3n) is 8.29. The summed E-state index contributed by atoms with van der Waals surface area (Å²) in [5.41, 5.74) is 2.61. The molecule has 3 fully saturated rings. The maximum absolute atomic E-state index is 13.8. The number of carboxylic acids is 1. The Morgan fingerprint density at radius 2 is 1.20 bits per heavy atom. The van der Waals surface area contributed by atoms with Gasteiger partial charge in [0, 0.05) is 0 Å². The van der Waals surface area contributed by atoms with Crippen LogP contribution in [0.25, 0.3) is 0 Å². The van der Waals surface area contributed by atoms with E-state index in [2.05, 4.69) is 0 Å². The molecule has 8 heteroatoms. The molecular formula is C27H38F2O5S. The van der Waals surface area contributed by atoms with E-state index in [9.17, 15) is 22.0 Å². The van der Waals surface area contributed by atoms with Gasteiger partial charge in [0.15, 0.2) is 0 Å². The Bertz CT molecular complexity index is 950. The predicted molar refractivity (Wildman–Crippen MR) is 130 cm³/mol. The molecule has 5 nitrogen and oxygen atoms in total. The van der Waals surface area contributed by atoms with Crippen molar-refractivity contribution in [2.75, 3.05) is 6.61 Å². The van der Waals surface area contributed by atoms with Gasteiger partial charge in [0.25, 0.3) is 10.1 Å². The first-order valence-electron chi connectivity index (χ1n) is 13.4. The fourth-order valence-electron chi connectivity index (χ4n) is 6.36. The zero-order valence-electron chi connectivity index (χ0n) is 20.4. The van der Waals surface area contributed by atoms with Crippen LogP contribution in [0, 0.1) is 0 Å². The summed E-state index contributed by atoms with van der Waals surface area (Å²) >= 11 is 0. The lowest BCUT2D eigenvalue weighted by molar-refractivity contribution is -0.168. The minimum absolute atomic E-state index is 0.0444. The topological polar surface area (TPSA) is 80.7 Å². The summed E-state index contributed by atoms with van der Waals surface area (Å²) in [6.45, 7) is -1.69. The first kappa shape index (κ1) is 26.5. The van der Waals surface area contributed by atoms with Crippen molar-refractivity contribution in [2.24, 2.45) is 0 Å². The SMILES string of the molecule is O=C(O)C(F)(F)COS(=O)(=O)c1c(C2CCCCC2)cc(C2CCCCC2)cc1C1CCCCC1. The van der Waals surface area contributed by atoms with Crippen molar-refractivity contribution >= 4 is 16.1 Å². The van der Waals surface area contributed by atoms with Gasteiger partial charge < -0.3 is 5.11 Å². The Kier molecular flexibility index (Phi) is 8.52. The molecule has 3 aliphatic carbocycles. The van der Waals surface area contributed by atoms with E-state index in [1.54, 1.807) is 0 Å². The molecule has 0 heterocycles. The highest BCUT2D eigenvalue weighted by Crippen LogP contribution is 2.46. The number of carboxylic acid groups (broad SMARTS) is 1. The molecule has 3 aliphatic rings. The maximum Gasteiger partial charge on any atom is 0.377 e. The van der Waals surface area contributed by atoms with Crippen LogP contribution >= 0.6 is 0 Å². The molecule has 196 valence electrons. The van der Waals surface area contributed by atoms with Crippen LogP contribution in [0.15, 0.2) is 17.0 Å². The number of hydrogen-bond acceptors (Lipinski definition) is 4. The molecular weight excluding hydrogens is 474 g/mol. The second-order valence-corrected chi connectivity index (χ2v) is 12.3. The molecule has 0 bridgehead atoms. The Labute approximate surface area is 207 Å². The Balaban J connectivity index is 1.82. The van der Waals surface area contributed by atoms with Crippen molar-refractivity contribution in [1.82, 2.24) is 0 Å². The minimum atomic E-state index is -4.58. The summed E-state index contributed by atoms with van der Waals surface area (Å²) < 4.78 is 59.6. The molecule has 0 atom stereocenters. The van der Waals surface area contributed by atoms with Crippen molar-refractivity contribution in [2.45, 2.75) is 125 Å². The van der Waals surface area contributed by atoms with E-state index in [0.717, 1.165) is 89.9 Å². The zero-order chi connectivity index (χ0) is 25.1. The first-order chi connectivity index (χ1) is 16.7. The van der Waals surface area contributed by atoms with E-state index in [1.807, 2.05) is 12.1 Å². The van der Waals surface area contributed by atoms with Gasteiger partial charge in [-0.05, 0) is 73.0 Å². The molecule has 0 saturated heterocycles. The van der Waals surface area contributed by atoms with Gasteiger partial charge in [0.05, 0.1) is 0 Å². The fourth-order valence-corrected chi connectivity index (χ4v) is 7.81. The molecule has 35 heavy (non-hydrogen) atoms. The number of carbonyl (C=O) groups is 1. The summed E-state index contributed by atoms with van der Waals surface area (Å²) in [5, 5.41) is 8.78. The Morgan fingerprint density at radius 1 is 0.800 bits per heavy atom. The monoisotopic (exact) mass is 512 g/mol. The molecule has 0 amide bonds. The summed E-state index contributed by atoms with van der Waals surface area (Å²) in [6, 6.07) is 4.06. The number of halogens is 2. The second kappa shape index (κ2) is 11.2. The van der Waals surface area contributed by atoms with E-state index >= 15 is 0 Å². The summed E-state index contributed by atoms with van der Waals surface area (Å²) in [7, 11) is -4.58. The van der Waals surface area contributed by atoms with Gasteiger partial charge in [-0.3, -0.25) is 4.18 Å². The van der Waals surface area contributed by atoms with Crippen LogP contribution in [-0.4, -0.2) is 32.0 Å². The molecule has 1 aromatic carbocycles. The van der Waals surface area contributed by atoms with Crippen molar-refractivity contribution in [3.63, 3.8) is 0 Å². The van der Waals surface area contributed by atoms with Crippen LogP contribution in [0.4, 0.5) is 8.78 Å². The standard InChI is InChI=1S/C27H38F2O5S/c28-27(29,26(30)31)18-34-35(32,33)25-23(20-12-6-2-7-13-20)16-22(19-10-4-1-5-11-19)17-24(25)21-14-8-3-9-15-21/h16-17,19-21H,1-15,18H2,(H,30,31). The zero-order valence-corrected chi connectivity index (χ0v) is 21.3. The van der Waals surface area contributed by atoms with Crippen LogP contribution in [0.5, 0.6) is 0 Å². The summed E-state index contributed by atoms with van der Waals surface area (Å²) in [5.74, 6) is -6.18. The lowest BCUT2D eigenvalue weighted by atomic mass is 9.76. The molecule has 0 radical (unpaired) electrons. The molecule has 0 spiro atoms. The number of rotatable bonds is 8. The van der Waals surface area contributed by atoms with E-state index in [-0.39, 0.29) is 16.7 Å². The summed E-state index contributed by atoms with van der Waals surface area (Å²) in [4.78, 5) is 11.0. The molecule has 4 rings (SSSR count). The third-order valence-corrected chi connectivity index (χ3v) is 9.69. The molecule has 1 aromatic rings. The number of benzene rings is 1. The second-order valence-electron chi connectivity index (χ2n) is 10.8. The van der Waals surface area contributed by atoms with Gasteiger partial charge in [0.2, 0.25) is 0 Å². The Morgan fingerprint density at radius 3 is 1.60 bits per heavy atom. The molecule has 1 N–H and O–H groups in total. The van der Waals surface area contributed by atoms with Crippen molar-refractivity contribution in [3.05, 3.63) is 28.8 Å². The van der Waals surface area contributed by atoms with Crippen molar-refractivity contribution in [3.8, 4) is 0 Å². The van der Waals surface area contributed by atoms with Crippen LogP contribution in [0.3, 0.4) is 0 Å². The highest BCUT2D eigenvalue weighted by atomic mass is 32.2. The Hall–Kier alpha value is -1.54. The van der Waals surface area contributed by atoms with Gasteiger partial charge in [-0.15, -0.1) is 0 Å². The molecule has 0 aliphatic heterocycles. The quantitative estimate of drug-likeness (QED) is 0.371. The van der Waals surface area contributed by atoms with Gasteiger partial charge in [-0.25, -0.2) is 4.79 Å². The van der Waals surface area contributed by atoms with Crippen LogP contribution in [0.2, 0.25) is 0 Å². The third kappa shape index (κ3) is 6.24. The van der Waals surface area contributed by atoms with E-state index in [4.69, 9.17) is 9.29 Å². The summed E-state index contributed by atoms with van der Waals surface area (Å²) in [6.07, 6.45) is 15.4. The number of alkyl halides is 2. The van der Waals surface area contributed by atoms with E-state index in [1.165, 1.54) is 12.0 Å². The highest BCUT2D eigenvalue weighted by Gasteiger charge is 2.42. The van der Waals surface area contributed by atoms with Gasteiger partial charge in [0.1, 0.15) is 11.5 Å². The number of hydrogen-bond donors (Lipinski definition) is 1. The average molecular weight is 513 g/mol. The van der Waals surface area contributed by atoms with Crippen molar-refractivity contribution < 1.29 is 31.3 Å². The molecule has 0 unspecified atom stereocenters. The van der Waals surface area contributed by atoms with Crippen LogP contribution in [-0.2, 0) is 19.1 Å². The fraction of sp³-hybridized carbons (Fsp3) is 0.741. The largest absolute Gasteiger partial charge is 0.477 e. The average Bonchev–Trinajstić information content (AvgIpc) is 2.88. The molecule has 0 aromatic heterocycles.